The van der Waals surface area contributed by atoms with Gasteiger partial charge in [0.15, 0.2) is 0 Å². The maximum absolute atomic E-state index is 9.35. The molecule has 2 heterocycles. The molecule has 3 N–H and O–H groups in total. The molecule has 0 radical (unpaired) electrons. The van der Waals surface area contributed by atoms with Gasteiger partial charge in [0.2, 0.25) is 0 Å². The first kappa shape index (κ1) is 15.5. The summed E-state index contributed by atoms with van der Waals surface area (Å²) in [6.07, 6.45) is -0.114. The van der Waals surface area contributed by atoms with E-state index in [9.17, 15) is 5.11 Å². The van der Waals surface area contributed by atoms with E-state index >= 15 is 0 Å². The number of nitrogens with zero attached hydrogens (tertiary/aromatic N) is 1. The zero-order valence-electron chi connectivity index (χ0n) is 12.1. The third-order valence-corrected chi connectivity index (χ3v) is 4.10. The van der Waals surface area contributed by atoms with Crippen molar-refractivity contribution in [3.8, 4) is 11.8 Å². The van der Waals surface area contributed by atoms with E-state index in [2.05, 4.69) is 36.0 Å². The number of rotatable bonds is 3. The molecule has 4 nitrogen and oxygen atoms in total. The molecule has 0 bridgehead atoms. The van der Waals surface area contributed by atoms with Crippen LogP contribution < -0.4 is 5.73 Å². The molecule has 1 aliphatic heterocycles. The molecule has 1 aromatic heterocycles. The smallest absolute Gasteiger partial charge is 0.0940 e. The number of morpholine rings is 1. The number of nitrogens with two attached hydrogens (primary N) is 1. The van der Waals surface area contributed by atoms with E-state index in [0.717, 1.165) is 25.2 Å². The van der Waals surface area contributed by atoms with Gasteiger partial charge in [0.25, 0.3) is 0 Å². The van der Waals surface area contributed by atoms with Crippen LogP contribution in [0.4, 0.5) is 0 Å². The van der Waals surface area contributed by atoms with Crippen LogP contribution in [0.15, 0.2) is 11.4 Å². The van der Waals surface area contributed by atoms with Crippen molar-refractivity contribution < 1.29 is 9.84 Å². The van der Waals surface area contributed by atoms with E-state index in [0.29, 0.717) is 6.54 Å². The Morgan fingerprint density at radius 3 is 3.10 bits per heavy atom. The summed E-state index contributed by atoms with van der Waals surface area (Å²) in [5.41, 5.74) is 6.26. The van der Waals surface area contributed by atoms with Crippen molar-refractivity contribution in [1.29, 1.82) is 0 Å². The van der Waals surface area contributed by atoms with Crippen molar-refractivity contribution in [2.24, 2.45) is 5.73 Å². The summed E-state index contributed by atoms with van der Waals surface area (Å²) in [5, 5.41) is 11.4. The number of ether oxygens (including phenoxy) is 1. The lowest BCUT2D eigenvalue weighted by Crippen LogP contribution is -2.53. The van der Waals surface area contributed by atoms with Gasteiger partial charge in [-0.25, -0.2) is 0 Å². The van der Waals surface area contributed by atoms with E-state index in [1.807, 2.05) is 6.07 Å². The first-order valence-corrected chi connectivity index (χ1v) is 7.68. The highest BCUT2D eigenvalue weighted by atomic mass is 32.1. The molecule has 1 fully saturated rings. The number of thiophene rings is 1. The van der Waals surface area contributed by atoms with Gasteiger partial charge in [-0.3, -0.25) is 4.90 Å². The quantitative estimate of drug-likeness (QED) is 0.818. The summed E-state index contributed by atoms with van der Waals surface area (Å²) in [6, 6.07) is 2.04. The number of aliphatic hydroxyl groups excluding tert-OH is 1. The number of hydrogen-bond acceptors (Lipinski definition) is 5. The summed E-state index contributed by atoms with van der Waals surface area (Å²) in [7, 11) is 0. The standard InChI is InChI=1S/C15H22N2O2S/c1-15(2)11-17(8-13(10-18)19-15)9-14-12(4-3-6-16)5-7-20-14/h5,7,13,18H,6,8-11,16H2,1-2H3. The van der Waals surface area contributed by atoms with Crippen LogP contribution in [0, 0.1) is 11.8 Å². The van der Waals surface area contributed by atoms with Gasteiger partial charge in [0.05, 0.1) is 24.9 Å². The Kier molecular flexibility index (Phi) is 5.19. The van der Waals surface area contributed by atoms with Gasteiger partial charge in [0.1, 0.15) is 0 Å². The average molecular weight is 294 g/mol. The van der Waals surface area contributed by atoms with Gasteiger partial charge in [-0.1, -0.05) is 11.8 Å². The van der Waals surface area contributed by atoms with Crippen LogP contribution in [0.25, 0.3) is 0 Å². The molecule has 1 unspecified atom stereocenters. The molecule has 0 amide bonds. The van der Waals surface area contributed by atoms with Gasteiger partial charge in [-0.15, -0.1) is 11.3 Å². The molecule has 1 aromatic rings. The van der Waals surface area contributed by atoms with Crippen LogP contribution in [0.2, 0.25) is 0 Å². The van der Waals surface area contributed by atoms with Crippen LogP contribution in [-0.4, -0.2) is 48.0 Å². The average Bonchev–Trinajstić information content (AvgIpc) is 2.81. The molecular formula is C15H22N2O2S. The lowest BCUT2D eigenvalue weighted by atomic mass is 10.0. The first-order valence-electron chi connectivity index (χ1n) is 6.80. The topological polar surface area (TPSA) is 58.7 Å². The zero-order valence-corrected chi connectivity index (χ0v) is 12.9. The van der Waals surface area contributed by atoms with Gasteiger partial charge in [-0.2, -0.15) is 0 Å². The molecule has 110 valence electrons. The lowest BCUT2D eigenvalue weighted by molar-refractivity contribution is -0.150. The fourth-order valence-corrected chi connectivity index (χ4v) is 3.43. The van der Waals surface area contributed by atoms with Gasteiger partial charge in [0, 0.05) is 30.1 Å². The van der Waals surface area contributed by atoms with Crippen molar-refractivity contribution in [2.45, 2.75) is 32.1 Å². The molecule has 0 saturated carbocycles. The fourth-order valence-electron chi connectivity index (χ4n) is 2.56. The second-order valence-corrected chi connectivity index (χ2v) is 6.62. The van der Waals surface area contributed by atoms with E-state index in [1.165, 1.54) is 4.88 Å². The highest BCUT2D eigenvalue weighted by molar-refractivity contribution is 7.10. The number of aliphatic hydroxyl groups is 1. The Labute approximate surface area is 124 Å². The summed E-state index contributed by atoms with van der Waals surface area (Å²) in [4.78, 5) is 3.57. The SMILES string of the molecule is CC1(C)CN(Cc2sccc2C#CCN)CC(CO)O1. The second kappa shape index (κ2) is 6.70. The van der Waals surface area contributed by atoms with Gasteiger partial charge < -0.3 is 15.6 Å². The van der Waals surface area contributed by atoms with Crippen molar-refractivity contribution in [2.75, 3.05) is 26.2 Å². The lowest BCUT2D eigenvalue weighted by Gasteiger charge is -2.42. The van der Waals surface area contributed by atoms with E-state index in [4.69, 9.17) is 10.5 Å². The summed E-state index contributed by atoms with van der Waals surface area (Å²) >= 11 is 1.71. The first-order chi connectivity index (χ1) is 9.54. The van der Waals surface area contributed by atoms with Crippen LogP contribution in [0.1, 0.15) is 24.3 Å². The van der Waals surface area contributed by atoms with Gasteiger partial charge >= 0.3 is 0 Å². The largest absolute Gasteiger partial charge is 0.394 e. The molecule has 2 rings (SSSR count). The van der Waals surface area contributed by atoms with E-state index < -0.39 is 0 Å². The predicted molar refractivity (Wildman–Crippen MR) is 81.6 cm³/mol. The summed E-state index contributed by atoms with van der Waals surface area (Å²) in [6.45, 7) is 7.01. The van der Waals surface area contributed by atoms with Crippen LogP contribution in [0.5, 0.6) is 0 Å². The van der Waals surface area contributed by atoms with Crippen LogP contribution in [-0.2, 0) is 11.3 Å². The Bertz CT molecular complexity index is 501. The van der Waals surface area contributed by atoms with E-state index in [1.54, 1.807) is 11.3 Å². The van der Waals surface area contributed by atoms with Gasteiger partial charge in [-0.05, 0) is 25.3 Å². The highest BCUT2D eigenvalue weighted by Crippen LogP contribution is 2.25. The second-order valence-electron chi connectivity index (χ2n) is 5.62. The van der Waals surface area contributed by atoms with E-state index in [-0.39, 0.29) is 18.3 Å². The third kappa shape index (κ3) is 4.05. The molecule has 5 heteroatoms. The third-order valence-electron chi connectivity index (χ3n) is 3.19. The minimum atomic E-state index is -0.230. The maximum Gasteiger partial charge on any atom is 0.0940 e. The molecule has 1 aliphatic rings. The molecule has 20 heavy (non-hydrogen) atoms. The monoisotopic (exact) mass is 294 g/mol. The molecule has 1 saturated heterocycles. The normalized spacial score (nSPS) is 22.3. The Morgan fingerprint density at radius 1 is 1.60 bits per heavy atom. The number of hydrogen-bond donors (Lipinski definition) is 2. The Balaban J connectivity index is 2.07. The maximum atomic E-state index is 9.35. The van der Waals surface area contributed by atoms with Crippen molar-refractivity contribution >= 4 is 11.3 Å². The minimum Gasteiger partial charge on any atom is -0.394 e. The minimum absolute atomic E-state index is 0.0597. The molecule has 0 aliphatic carbocycles. The molecular weight excluding hydrogens is 272 g/mol. The fraction of sp³-hybridized carbons (Fsp3) is 0.600. The van der Waals surface area contributed by atoms with Crippen molar-refractivity contribution in [3.05, 3.63) is 21.9 Å². The van der Waals surface area contributed by atoms with Crippen LogP contribution in [0.3, 0.4) is 0 Å². The molecule has 1 atom stereocenters. The predicted octanol–water partition coefficient (Wildman–Crippen LogP) is 1.03. The van der Waals surface area contributed by atoms with Crippen molar-refractivity contribution in [1.82, 2.24) is 4.90 Å². The molecule has 0 aromatic carbocycles. The van der Waals surface area contributed by atoms with Crippen molar-refractivity contribution in [3.63, 3.8) is 0 Å². The Morgan fingerprint density at radius 2 is 2.40 bits per heavy atom. The molecule has 0 spiro atoms. The van der Waals surface area contributed by atoms with Crippen LogP contribution >= 0.6 is 11.3 Å². The zero-order chi connectivity index (χ0) is 14.6. The summed E-state index contributed by atoms with van der Waals surface area (Å²) in [5.74, 6) is 6.02. The Hall–Kier alpha value is -0.900. The highest BCUT2D eigenvalue weighted by Gasteiger charge is 2.33. The summed E-state index contributed by atoms with van der Waals surface area (Å²) < 4.78 is 5.83.